The van der Waals surface area contributed by atoms with Crippen LogP contribution in [-0.2, 0) is 0 Å². The van der Waals surface area contributed by atoms with Crippen molar-refractivity contribution in [2.75, 3.05) is 0 Å². The summed E-state index contributed by atoms with van der Waals surface area (Å²) in [6.07, 6.45) is 0. The van der Waals surface area contributed by atoms with Gasteiger partial charge in [-0.25, -0.2) is 0 Å². The molecule has 0 aliphatic heterocycles. The summed E-state index contributed by atoms with van der Waals surface area (Å²) >= 11 is 3.42. The molecule has 0 aliphatic carbocycles. The molecule has 416 valence electrons. The highest BCUT2D eigenvalue weighted by atomic mass is 79.9. The van der Waals surface area contributed by atoms with Crippen molar-refractivity contribution < 1.29 is 32.0 Å². The molecule has 16 rings (SSSR count). The predicted octanol–water partition coefficient (Wildman–Crippen LogP) is 22.1. The van der Waals surface area contributed by atoms with E-state index >= 15 is 0 Å². The Kier molecular flexibility index (Phi) is 11.3. The summed E-state index contributed by atoms with van der Waals surface area (Å²) in [4.78, 5) is 0. The van der Waals surface area contributed by atoms with E-state index in [-0.39, 0.29) is 95.9 Å². The SMILES string of the molecule is OB(O)c1ccc(-c2ccccc2)c2ccccc12.[2H]c1c([2H])c([2H])c2c(-c3ccc(-c4ccccc4)c4ccccc34)c3c([2H])c([2H])c([2H])c([2H])c3c(-c3ccc(-c4ccccc4)cc3)c2c1[2H].[2H]c1c([2H])c([2H])c2c(-c3ccc(-c4ccccc4)cc3)c3c([2H])c([2H])c([2H])c([2H])c3c(Br)c2c1[2H]. The van der Waals surface area contributed by atoms with Gasteiger partial charge in [0.15, 0.2) is 0 Å². The molecule has 0 atom stereocenters. The van der Waals surface area contributed by atoms with E-state index in [1.165, 1.54) is 0 Å². The quantitative estimate of drug-likeness (QED) is 0.118. The minimum Gasteiger partial charge on any atom is -0.423 e. The summed E-state index contributed by atoms with van der Waals surface area (Å²) in [5.41, 5.74) is 11.4. The van der Waals surface area contributed by atoms with Gasteiger partial charge in [-0.1, -0.05) is 339 Å². The maximum atomic E-state index is 9.44. The van der Waals surface area contributed by atoms with Crippen LogP contribution in [0.1, 0.15) is 21.9 Å². The van der Waals surface area contributed by atoms with Gasteiger partial charge in [0, 0.05) is 4.47 Å². The van der Waals surface area contributed by atoms with Crippen LogP contribution < -0.4 is 5.46 Å². The largest absolute Gasteiger partial charge is 0.489 e. The monoisotopic (exact) mass is 1200 g/mol. The topological polar surface area (TPSA) is 40.5 Å². The molecule has 0 spiro atoms. The van der Waals surface area contributed by atoms with E-state index in [1.54, 1.807) is 6.07 Å². The smallest absolute Gasteiger partial charge is 0.423 e. The van der Waals surface area contributed by atoms with E-state index in [9.17, 15) is 15.5 Å². The number of rotatable bonds is 8. The van der Waals surface area contributed by atoms with Crippen LogP contribution in [0.15, 0.2) is 344 Å². The van der Waals surface area contributed by atoms with Crippen LogP contribution in [0.3, 0.4) is 0 Å². The molecular formula is C84H58BBrO2. The average molecular weight is 1210 g/mol. The predicted molar refractivity (Wildman–Crippen MR) is 380 cm³/mol. The van der Waals surface area contributed by atoms with E-state index < -0.39 is 55.5 Å². The second kappa shape index (κ2) is 24.9. The Morgan fingerprint density at radius 2 is 0.489 bits per heavy atom. The van der Waals surface area contributed by atoms with Crippen molar-refractivity contribution in [1.82, 2.24) is 0 Å². The fraction of sp³-hybridized carbons (Fsp3) is 0. The first-order valence-corrected chi connectivity index (χ1v) is 29.3. The van der Waals surface area contributed by atoms with Crippen molar-refractivity contribution in [3.05, 3.63) is 344 Å². The molecule has 0 unspecified atom stereocenters. The van der Waals surface area contributed by atoms with Gasteiger partial charge in [0.25, 0.3) is 0 Å². The van der Waals surface area contributed by atoms with Crippen LogP contribution in [0, 0.1) is 0 Å². The van der Waals surface area contributed by atoms with Crippen LogP contribution in [0.5, 0.6) is 0 Å². The fourth-order valence-electron chi connectivity index (χ4n) is 11.8. The third kappa shape index (κ3) is 10.8. The third-order valence-corrected chi connectivity index (χ3v) is 16.6. The zero-order valence-corrected chi connectivity index (χ0v) is 48.5. The van der Waals surface area contributed by atoms with Gasteiger partial charge in [0.2, 0.25) is 0 Å². The first-order valence-electron chi connectivity index (χ1n) is 36.5. The fourth-order valence-corrected chi connectivity index (χ4v) is 12.4. The molecule has 2 nitrogen and oxygen atoms in total. The zero-order chi connectivity index (χ0) is 73.3. The zero-order valence-electron chi connectivity index (χ0n) is 62.9. The van der Waals surface area contributed by atoms with Crippen molar-refractivity contribution in [3.8, 4) is 77.9 Å². The highest BCUT2D eigenvalue weighted by Crippen LogP contribution is 2.47. The molecule has 4 heteroatoms. The van der Waals surface area contributed by atoms with Crippen molar-refractivity contribution in [1.29, 1.82) is 0 Å². The Hall–Kier alpha value is -10.5. The Balaban J connectivity index is 0.000000146. The molecule has 0 aromatic heterocycles. The molecule has 0 amide bonds. The van der Waals surface area contributed by atoms with Crippen molar-refractivity contribution >= 4 is 93.1 Å². The molecule has 0 bridgehead atoms. The van der Waals surface area contributed by atoms with Gasteiger partial charge in [-0.15, -0.1) is 0 Å². The summed E-state index contributed by atoms with van der Waals surface area (Å²) in [5, 5.41) is 24.0. The molecule has 0 aliphatic rings. The van der Waals surface area contributed by atoms with Gasteiger partial charge >= 0.3 is 7.12 Å². The molecule has 16 aromatic rings. The summed E-state index contributed by atoms with van der Waals surface area (Å²) in [6, 6.07) is 72.2. The number of hydrogen-bond donors (Lipinski definition) is 2. The number of benzene rings is 16. The highest BCUT2D eigenvalue weighted by Gasteiger charge is 2.21. The first kappa shape index (κ1) is 40.0. The van der Waals surface area contributed by atoms with Gasteiger partial charge in [-0.2, -0.15) is 0 Å². The van der Waals surface area contributed by atoms with Crippen molar-refractivity contribution in [2.24, 2.45) is 0 Å². The maximum absolute atomic E-state index is 9.44. The van der Waals surface area contributed by atoms with Crippen LogP contribution >= 0.6 is 15.9 Å². The molecule has 2 N–H and O–H groups in total. The minimum atomic E-state index is -1.45. The minimum absolute atomic E-state index is 0.177. The van der Waals surface area contributed by atoms with E-state index in [0.29, 0.717) is 38.8 Å². The van der Waals surface area contributed by atoms with E-state index in [1.807, 2.05) is 224 Å². The second-order valence-electron chi connectivity index (χ2n) is 20.9. The summed E-state index contributed by atoms with van der Waals surface area (Å²) < 4.78 is 140. The lowest BCUT2D eigenvalue weighted by atomic mass is 9.76. The summed E-state index contributed by atoms with van der Waals surface area (Å²) in [7, 11) is -1.45. The van der Waals surface area contributed by atoms with Crippen LogP contribution in [-0.4, -0.2) is 17.2 Å². The Morgan fingerprint density at radius 1 is 0.227 bits per heavy atom. The molecule has 0 saturated heterocycles. The van der Waals surface area contributed by atoms with Crippen LogP contribution in [0.25, 0.3) is 143 Å². The molecular weight excluding hydrogens is 1130 g/mol. The number of halogens is 1. The Labute approximate surface area is 544 Å². The van der Waals surface area contributed by atoms with Crippen LogP contribution in [0.2, 0.25) is 0 Å². The van der Waals surface area contributed by atoms with Crippen molar-refractivity contribution in [3.63, 3.8) is 0 Å². The average Bonchev–Trinajstić information content (AvgIpc) is 0.709. The van der Waals surface area contributed by atoms with E-state index in [2.05, 4.69) is 28.1 Å². The first-order chi connectivity index (χ1) is 50.1. The summed E-state index contributed by atoms with van der Waals surface area (Å²) in [6.45, 7) is 0. The molecule has 16 aromatic carbocycles. The van der Waals surface area contributed by atoms with E-state index in [4.69, 9.17) is 16.4 Å². The molecule has 0 radical (unpaired) electrons. The molecule has 88 heavy (non-hydrogen) atoms. The lowest BCUT2D eigenvalue weighted by Crippen LogP contribution is -2.30. The Morgan fingerprint density at radius 3 is 0.875 bits per heavy atom. The number of fused-ring (bicyclic) bond motifs is 6. The molecule has 0 fully saturated rings. The third-order valence-electron chi connectivity index (χ3n) is 15.8. The van der Waals surface area contributed by atoms with Crippen molar-refractivity contribution in [2.45, 2.75) is 0 Å². The normalized spacial score (nSPS) is 13.7. The maximum Gasteiger partial charge on any atom is 0.489 e. The van der Waals surface area contributed by atoms with Crippen LogP contribution in [0.4, 0.5) is 0 Å². The van der Waals surface area contributed by atoms with Gasteiger partial charge in [-0.05, 0) is 164 Å². The molecule has 0 saturated carbocycles. The molecule has 0 heterocycles. The van der Waals surface area contributed by atoms with Gasteiger partial charge < -0.3 is 10.0 Å². The van der Waals surface area contributed by atoms with Gasteiger partial charge in [0.1, 0.15) is 0 Å². The van der Waals surface area contributed by atoms with Gasteiger partial charge in [0.05, 0.1) is 21.9 Å². The van der Waals surface area contributed by atoms with Gasteiger partial charge in [-0.3, -0.25) is 0 Å². The highest BCUT2D eigenvalue weighted by molar-refractivity contribution is 9.10. The standard InChI is InChI=1S/C42H28.C26H17Br.C16H13BO2/c1-3-13-29(14-4-1)30-23-25-32(26-24-30)41-36-19-9-11-21-38(36)42(39-22-12-10-20-37(39)41)40-28-27-33(31-15-5-2-6-16-31)34-17-7-8-18-35(34)40;27-26-23-12-6-4-10-21(23)25(22-11-5-7-13-24(22)26)20-16-14-19(15-17-20)18-8-2-1-3-9-18;18-17(19)16-11-10-13(12-6-2-1-3-7-12)14-8-4-5-9-15(14)16/h1-28H;1-17H;1-11,18-19H/i9D,10D,11D,12D,19D,20D,21D,22D;4D,5D,6D,7D,10D,11D,12D,13D;. The lowest BCUT2D eigenvalue weighted by molar-refractivity contribution is 0.426. The number of hydrogen-bond acceptors (Lipinski definition) is 2. The lowest BCUT2D eigenvalue weighted by Gasteiger charge is -2.20. The van der Waals surface area contributed by atoms with E-state index in [0.717, 1.165) is 66.1 Å². The second-order valence-corrected chi connectivity index (χ2v) is 21.7. The Bertz CT molecular complexity index is 5970. The summed E-state index contributed by atoms with van der Waals surface area (Å²) in [5.74, 6) is 0.